The van der Waals surface area contributed by atoms with E-state index in [0.29, 0.717) is 21.6 Å². The Morgan fingerprint density at radius 2 is 1.68 bits per heavy atom. The molecule has 0 N–H and O–H groups in total. The summed E-state index contributed by atoms with van der Waals surface area (Å²) in [5, 5.41) is 0.559. The first-order valence-corrected chi connectivity index (χ1v) is 6.43. The number of rotatable bonds is 1. The number of para-hydroxylation sites is 1. The normalized spacial score (nSPS) is 10.8. The van der Waals surface area contributed by atoms with Gasteiger partial charge in [-0.3, -0.25) is 4.79 Å². The van der Waals surface area contributed by atoms with Gasteiger partial charge in [0, 0.05) is 5.56 Å². The monoisotopic (exact) mass is 268 g/mol. The van der Waals surface area contributed by atoms with Crippen LogP contribution in [-0.2, 0) is 0 Å². The summed E-state index contributed by atoms with van der Waals surface area (Å²) in [5.41, 5.74) is 2.51. The molecule has 0 saturated heterocycles. The molecule has 2 nitrogen and oxygen atoms in total. The molecule has 0 radical (unpaired) electrons. The predicted molar refractivity (Wildman–Crippen MR) is 79.9 cm³/mol. The van der Waals surface area contributed by atoms with Crippen LogP contribution >= 0.6 is 12.6 Å². The number of aryl methyl sites for hydroxylation is 1. The third-order valence-corrected chi connectivity index (χ3v) is 3.49. The van der Waals surface area contributed by atoms with Gasteiger partial charge in [-0.1, -0.05) is 42.0 Å². The Morgan fingerprint density at radius 1 is 1.00 bits per heavy atom. The molecule has 0 atom stereocenters. The zero-order chi connectivity index (χ0) is 13.4. The van der Waals surface area contributed by atoms with Crippen molar-refractivity contribution < 1.29 is 4.42 Å². The van der Waals surface area contributed by atoms with Crippen molar-refractivity contribution in [1.82, 2.24) is 0 Å². The Morgan fingerprint density at radius 3 is 2.42 bits per heavy atom. The summed E-state index contributed by atoms with van der Waals surface area (Å²) in [6, 6.07) is 15.0. The van der Waals surface area contributed by atoms with Crippen LogP contribution in [0.3, 0.4) is 0 Å². The molecule has 0 saturated carbocycles. The topological polar surface area (TPSA) is 30.2 Å². The van der Waals surface area contributed by atoms with Crippen molar-refractivity contribution in [3.63, 3.8) is 0 Å². The van der Waals surface area contributed by atoms with Crippen LogP contribution in [0, 0.1) is 6.92 Å². The number of thiol groups is 1. The van der Waals surface area contributed by atoms with E-state index in [2.05, 4.69) is 12.6 Å². The van der Waals surface area contributed by atoms with Crippen molar-refractivity contribution in [2.24, 2.45) is 0 Å². The molecule has 1 heterocycles. The summed E-state index contributed by atoms with van der Waals surface area (Å²) in [6.07, 6.45) is 0. The third-order valence-electron chi connectivity index (χ3n) is 3.09. The molecule has 2 aromatic carbocycles. The Balaban J connectivity index is 2.33. The van der Waals surface area contributed by atoms with Gasteiger partial charge in [-0.2, -0.15) is 0 Å². The Kier molecular flexibility index (Phi) is 2.91. The molecule has 0 aliphatic carbocycles. The highest BCUT2D eigenvalue weighted by Gasteiger charge is 2.12. The third kappa shape index (κ3) is 2.06. The molecule has 0 fully saturated rings. The van der Waals surface area contributed by atoms with Crippen molar-refractivity contribution in [1.29, 1.82) is 0 Å². The van der Waals surface area contributed by atoms with Crippen LogP contribution in [0.15, 0.2) is 62.6 Å². The van der Waals surface area contributed by atoms with Gasteiger partial charge in [0.2, 0.25) is 5.43 Å². The van der Waals surface area contributed by atoms with Crippen molar-refractivity contribution in [3.8, 4) is 11.3 Å². The molecule has 3 aromatic rings. The highest BCUT2D eigenvalue weighted by molar-refractivity contribution is 7.80. The lowest BCUT2D eigenvalue weighted by Gasteiger charge is -2.06. The van der Waals surface area contributed by atoms with Gasteiger partial charge in [0.15, 0.2) is 5.76 Å². The second kappa shape index (κ2) is 4.59. The van der Waals surface area contributed by atoms with Crippen LogP contribution in [0.4, 0.5) is 0 Å². The van der Waals surface area contributed by atoms with Crippen LogP contribution in [-0.4, -0.2) is 0 Å². The molecular weight excluding hydrogens is 256 g/mol. The first-order valence-electron chi connectivity index (χ1n) is 5.98. The highest BCUT2D eigenvalue weighted by Crippen LogP contribution is 2.27. The molecular formula is C16H12O2S. The molecule has 3 heteroatoms. The van der Waals surface area contributed by atoms with E-state index in [0.717, 1.165) is 11.1 Å². The SMILES string of the molecule is Cc1ccc(-c2oc3ccccc3c(=O)c2S)cc1. The first kappa shape index (κ1) is 12.1. The molecule has 1 aromatic heterocycles. The van der Waals surface area contributed by atoms with Gasteiger partial charge in [-0.15, -0.1) is 12.6 Å². The lowest BCUT2D eigenvalue weighted by molar-refractivity contribution is 0.605. The molecule has 0 bridgehead atoms. The minimum Gasteiger partial charge on any atom is -0.455 e. The van der Waals surface area contributed by atoms with Crippen molar-refractivity contribution in [3.05, 3.63) is 64.3 Å². The van der Waals surface area contributed by atoms with Gasteiger partial charge >= 0.3 is 0 Å². The molecule has 0 amide bonds. The average Bonchev–Trinajstić information content (AvgIpc) is 2.44. The van der Waals surface area contributed by atoms with E-state index in [1.165, 1.54) is 0 Å². The lowest BCUT2D eigenvalue weighted by Crippen LogP contribution is -2.04. The standard InChI is InChI=1S/C16H12O2S/c1-10-6-8-11(9-7-10)15-16(19)14(17)12-4-2-3-5-13(12)18-15/h2-9,19H,1H3. The van der Waals surface area contributed by atoms with Crippen molar-refractivity contribution >= 4 is 23.6 Å². The summed E-state index contributed by atoms with van der Waals surface area (Å²) in [6.45, 7) is 2.02. The number of fused-ring (bicyclic) bond motifs is 1. The second-order valence-corrected chi connectivity index (χ2v) is 4.92. The van der Waals surface area contributed by atoms with Crippen LogP contribution in [0.1, 0.15) is 5.56 Å². The summed E-state index contributed by atoms with van der Waals surface area (Å²) < 4.78 is 5.82. The van der Waals surface area contributed by atoms with Gasteiger partial charge in [0.05, 0.1) is 10.3 Å². The number of hydrogen-bond acceptors (Lipinski definition) is 3. The largest absolute Gasteiger partial charge is 0.455 e. The van der Waals surface area contributed by atoms with Gasteiger partial charge < -0.3 is 4.42 Å². The Hall–Kier alpha value is -2.00. The summed E-state index contributed by atoms with van der Waals surface area (Å²) >= 11 is 4.32. The van der Waals surface area contributed by atoms with Crippen LogP contribution in [0.2, 0.25) is 0 Å². The molecule has 0 spiro atoms. The fourth-order valence-corrected chi connectivity index (χ4v) is 2.33. The van der Waals surface area contributed by atoms with E-state index in [9.17, 15) is 4.79 Å². The van der Waals surface area contributed by atoms with Crippen molar-refractivity contribution in [2.75, 3.05) is 0 Å². The zero-order valence-electron chi connectivity index (χ0n) is 10.4. The second-order valence-electron chi connectivity index (χ2n) is 4.47. The van der Waals surface area contributed by atoms with E-state index in [-0.39, 0.29) is 5.43 Å². The van der Waals surface area contributed by atoms with Gasteiger partial charge in [0.1, 0.15) is 5.58 Å². The van der Waals surface area contributed by atoms with Gasteiger partial charge in [-0.05, 0) is 19.1 Å². The van der Waals surface area contributed by atoms with Crippen LogP contribution < -0.4 is 5.43 Å². The molecule has 94 valence electrons. The lowest BCUT2D eigenvalue weighted by atomic mass is 10.1. The van der Waals surface area contributed by atoms with E-state index < -0.39 is 0 Å². The Labute approximate surface area is 116 Å². The first-order chi connectivity index (χ1) is 9.16. The molecule has 3 rings (SSSR count). The molecule has 0 aliphatic heterocycles. The molecule has 0 aliphatic rings. The summed E-state index contributed by atoms with van der Waals surface area (Å²) in [4.78, 5) is 12.6. The quantitative estimate of drug-likeness (QED) is 0.675. The fraction of sp³-hybridized carbons (Fsp3) is 0.0625. The fourth-order valence-electron chi connectivity index (χ4n) is 2.03. The van der Waals surface area contributed by atoms with E-state index >= 15 is 0 Å². The zero-order valence-corrected chi connectivity index (χ0v) is 11.3. The van der Waals surface area contributed by atoms with E-state index in [4.69, 9.17) is 4.42 Å². The van der Waals surface area contributed by atoms with E-state index in [1.807, 2.05) is 43.3 Å². The minimum absolute atomic E-state index is 0.0965. The molecule has 19 heavy (non-hydrogen) atoms. The number of benzene rings is 2. The minimum atomic E-state index is -0.0965. The van der Waals surface area contributed by atoms with Crippen LogP contribution in [0.5, 0.6) is 0 Å². The average molecular weight is 268 g/mol. The highest BCUT2D eigenvalue weighted by atomic mass is 32.1. The molecule has 0 unspecified atom stereocenters. The maximum absolute atomic E-state index is 12.3. The van der Waals surface area contributed by atoms with Gasteiger partial charge in [0.25, 0.3) is 0 Å². The van der Waals surface area contributed by atoms with E-state index in [1.54, 1.807) is 12.1 Å². The maximum atomic E-state index is 12.3. The van der Waals surface area contributed by atoms with Gasteiger partial charge in [-0.25, -0.2) is 0 Å². The Bertz CT molecular complexity index is 801. The van der Waals surface area contributed by atoms with Crippen molar-refractivity contribution in [2.45, 2.75) is 11.8 Å². The summed E-state index contributed by atoms with van der Waals surface area (Å²) in [7, 11) is 0. The number of hydrogen-bond donors (Lipinski definition) is 1. The smallest absolute Gasteiger partial charge is 0.206 e. The maximum Gasteiger partial charge on any atom is 0.206 e. The summed E-state index contributed by atoms with van der Waals surface area (Å²) in [5.74, 6) is 0.520. The van der Waals surface area contributed by atoms with Crippen LogP contribution in [0.25, 0.3) is 22.3 Å². The predicted octanol–water partition coefficient (Wildman–Crippen LogP) is 4.06.